The first kappa shape index (κ1) is 101. The van der Waals surface area contributed by atoms with Crippen molar-refractivity contribution in [3.8, 4) is 28.7 Å². The Balaban J connectivity index is 0.000000673. The van der Waals surface area contributed by atoms with Crippen molar-refractivity contribution in [2.45, 2.75) is 131 Å². The summed E-state index contributed by atoms with van der Waals surface area (Å²) in [5.41, 5.74) is 17.2. The molecule has 0 atom stereocenters. The van der Waals surface area contributed by atoms with Gasteiger partial charge >= 0.3 is 3.18 Å². The molecule has 6 heterocycles. The van der Waals surface area contributed by atoms with Gasteiger partial charge in [-0.25, -0.2) is 4.98 Å². The molecular weight excluding hydrogens is 1690 g/mol. The zero-order chi connectivity index (χ0) is 85.1. The summed E-state index contributed by atoms with van der Waals surface area (Å²) in [6, 6.07) is 30.9. The van der Waals surface area contributed by atoms with Crippen molar-refractivity contribution in [1.82, 2.24) is 34.9 Å². The fourth-order valence-electron chi connectivity index (χ4n) is 9.05. The highest BCUT2D eigenvalue weighted by molar-refractivity contribution is 9.69. The lowest BCUT2D eigenvalue weighted by atomic mass is 9.95. The molecule has 0 saturated carbocycles. The van der Waals surface area contributed by atoms with Crippen LogP contribution in [0, 0.1) is 41.9 Å². The highest BCUT2D eigenvalue weighted by Gasteiger charge is 2.30. The lowest BCUT2D eigenvalue weighted by molar-refractivity contribution is -0.742. The third kappa shape index (κ3) is 30.6. The van der Waals surface area contributed by atoms with Gasteiger partial charge in [0.05, 0.1) is 91.4 Å². The van der Waals surface area contributed by atoms with Crippen LogP contribution in [0.2, 0.25) is 0 Å². The van der Waals surface area contributed by atoms with Crippen LogP contribution in [0.3, 0.4) is 0 Å². The number of hydrogen-bond acceptors (Lipinski definition) is 22. The lowest BCUT2D eigenvalue weighted by Crippen LogP contribution is -2.28. The van der Waals surface area contributed by atoms with E-state index in [2.05, 4.69) is 114 Å². The van der Waals surface area contributed by atoms with E-state index in [1.54, 1.807) is 119 Å². The number of hydrogen-bond donors (Lipinski definition) is 8. The summed E-state index contributed by atoms with van der Waals surface area (Å²) in [6.45, 7) is 29.2. The molecule has 10 N–H and O–H groups in total. The van der Waals surface area contributed by atoms with Gasteiger partial charge in [-0.1, -0.05) is 119 Å². The van der Waals surface area contributed by atoms with Crippen LogP contribution in [0.15, 0.2) is 134 Å². The molecule has 11 rings (SSSR count). The maximum atomic E-state index is 12.2. The Hall–Kier alpha value is -10.8. The number of amides is 3. The van der Waals surface area contributed by atoms with Gasteiger partial charge in [0.2, 0.25) is 23.0 Å². The van der Waals surface area contributed by atoms with Crippen molar-refractivity contribution < 1.29 is 68.0 Å². The molecule has 0 radical (unpaired) electrons. The largest absolute Gasteiger partial charge is 0.496 e. The van der Waals surface area contributed by atoms with Crippen LogP contribution >= 0.6 is 58.9 Å². The second-order valence-electron chi connectivity index (χ2n) is 28.9. The van der Waals surface area contributed by atoms with E-state index in [1.807, 2.05) is 114 Å². The molecule has 0 aliphatic carbocycles. The molecule has 6 aromatic heterocycles. The van der Waals surface area contributed by atoms with Crippen LogP contribution in [-0.4, -0.2) is 123 Å². The number of nitrogens with two attached hydrogens (primary N) is 2. The number of H-pyrrole nitrogens is 1. The molecular formula is C79H103BBr3ClN14O16. The van der Waals surface area contributed by atoms with Crippen LogP contribution in [-0.2, 0) is 29.4 Å². The number of methoxy groups -OCH3 is 5. The van der Waals surface area contributed by atoms with Crippen molar-refractivity contribution >= 4 is 191 Å². The summed E-state index contributed by atoms with van der Waals surface area (Å²) < 4.78 is 26.7. The molecule has 35 heteroatoms. The number of carboxylic acid groups (broad SMARTS) is 1. The Morgan fingerprint density at radius 1 is 0.482 bits per heavy atom. The standard InChI is InChI=1S/C15H17N3O4.C15H19N3O2.C15H17N3O.C15H18N2O2.C10H10N2O.C5H9ClO.C2H4O2.2CH4.BBr3.HNO3/c1-15(2,3)14(19)17-13-10(18(20)21)8-11(22-4)9-6-5-7-16-12(9)13;1-15(2,3)14(19)18-13-10(16)8-11(20-4)9-6-5-7-17-12(9)13;1-15(2,3)14-17-10-8-11(19-4)9-6-5-7-16-12(9)13(10)18-14;1-15(2,3)14(18)17-11-7-8-12(19-4)10-6-5-9-16-13(10)11;1-13-9-5-4-8(11)10-7(9)3-2-6-12-10;1-5(2,3)4(6)7;1-2(3)4;;;2*2-1(3)4/h5-8H,1-4H3,(H,17,19);5-8H,16H2,1-4H3,(H,18,19);5-8H,1-4H3,(H,17,18);5-9H,1-4H3,(H,17,18);2-6H,11H2,1H3;1-3H3;1H3,(H,3,4);2*1H4;;(H,2,3,4). The molecule has 0 aliphatic heterocycles. The normalized spacial score (nSPS) is 10.6. The lowest BCUT2D eigenvalue weighted by Gasteiger charge is -2.20. The number of halogens is 4. The van der Waals surface area contributed by atoms with Crippen molar-refractivity contribution in [3.05, 3.63) is 160 Å². The van der Waals surface area contributed by atoms with E-state index < -0.39 is 32.2 Å². The second-order valence-corrected chi connectivity index (χ2v) is 35.7. The monoisotopic (exact) mass is 1790 g/mol. The Morgan fingerprint density at radius 3 is 1.18 bits per heavy atom. The van der Waals surface area contributed by atoms with Gasteiger partial charge in [0.25, 0.3) is 16.7 Å². The number of carboxylic acids is 1. The average Bonchev–Trinajstić information content (AvgIpc) is 1.29. The SMILES string of the molecule is BrB(Br)Br.C.C.CC(=O)O.CC(C)(C)C(=O)Cl.COc1cc(N)c(NC(=O)C(C)(C)C)c2ncccc12.COc1cc([N+](=O)[O-])c(NC(=O)C(C)(C)C)c2ncccc12.COc1cc2[nH]c(C(C)(C)C)nc2c2ncccc12.COc1ccc(N)c2ncccc12.COc1ccc(NC(=O)C(C)(C)C)c2ncccc12.O=[N+]([O-])O. The topological polar surface area (TPSA) is 439 Å². The number of nitro benzene ring substituents is 1. The third-order valence-corrected chi connectivity index (χ3v) is 15.4. The molecule has 114 heavy (non-hydrogen) atoms. The van der Waals surface area contributed by atoms with Crippen molar-refractivity contribution in [3.63, 3.8) is 0 Å². The first-order valence-electron chi connectivity index (χ1n) is 33.8. The minimum Gasteiger partial charge on any atom is -0.496 e. The molecule has 30 nitrogen and oxygen atoms in total. The number of nitrogens with one attached hydrogen (secondary N) is 4. The van der Waals surface area contributed by atoms with Gasteiger partial charge < -0.3 is 66.4 Å². The molecule has 616 valence electrons. The third-order valence-electron chi connectivity index (χ3n) is 14.9. The fraction of sp³-hybridized carbons (Fsp3) is 0.354. The van der Waals surface area contributed by atoms with E-state index >= 15 is 0 Å². The number of aliphatic carboxylic acids is 1. The number of carbonyl (C=O) groups excluding carboxylic acids is 4. The Kier molecular flexibility index (Phi) is 40.1. The average molecular weight is 1790 g/mol. The maximum absolute atomic E-state index is 12.2. The van der Waals surface area contributed by atoms with Gasteiger partial charge in [-0.3, -0.25) is 59.0 Å². The minimum atomic E-state index is -1.50. The number of nitrogen functional groups attached to an aromatic ring is 2. The van der Waals surface area contributed by atoms with Gasteiger partial charge in [0.15, 0.2) is 0 Å². The van der Waals surface area contributed by atoms with Crippen molar-refractivity contribution in [1.29, 1.82) is 0 Å². The number of anilines is 5. The van der Waals surface area contributed by atoms with Crippen molar-refractivity contribution in [2.75, 3.05) is 63.0 Å². The number of benzene rings is 5. The number of nitro groups is 1. The molecule has 0 fully saturated rings. The van der Waals surface area contributed by atoms with Crippen LogP contribution in [0.5, 0.6) is 28.7 Å². The van der Waals surface area contributed by atoms with E-state index in [-0.39, 0.29) is 63.2 Å². The smallest absolute Gasteiger partial charge is 0.369 e. The molecule has 0 aliphatic rings. The Bertz CT molecular complexity index is 5080. The van der Waals surface area contributed by atoms with E-state index in [0.29, 0.717) is 50.7 Å². The minimum absolute atomic E-state index is 0. The number of rotatable bonds is 9. The number of imidazole rings is 1. The predicted molar refractivity (Wildman–Crippen MR) is 468 cm³/mol. The first-order chi connectivity index (χ1) is 52.0. The molecule has 0 spiro atoms. The summed E-state index contributed by atoms with van der Waals surface area (Å²) in [7, 11) is 7.94. The molecule has 11 aromatic rings. The summed E-state index contributed by atoms with van der Waals surface area (Å²) in [5.74, 6) is 3.00. The van der Waals surface area contributed by atoms with Crippen LogP contribution < -0.4 is 51.1 Å². The first-order valence-corrected chi connectivity index (χ1v) is 36.9. The highest BCUT2D eigenvalue weighted by Crippen LogP contribution is 2.41. The fourth-order valence-corrected chi connectivity index (χ4v) is 9.05. The molecule has 0 bridgehead atoms. The van der Waals surface area contributed by atoms with E-state index in [0.717, 1.165) is 79.1 Å². The molecule has 0 unspecified atom stereocenters. The van der Waals surface area contributed by atoms with Crippen LogP contribution in [0.1, 0.15) is 131 Å². The Morgan fingerprint density at radius 2 is 0.798 bits per heavy atom. The number of aromatic nitrogens is 7. The quantitative estimate of drug-likeness (QED) is 0.0219. The highest BCUT2D eigenvalue weighted by atomic mass is 79.9. The summed E-state index contributed by atoms with van der Waals surface area (Å²) in [5, 5.41) is 44.8. The van der Waals surface area contributed by atoms with Gasteiger partial charge in [-0.2, -0.15) is 0 Å². The van der Waals surface area contributed by atoms with Crippen LogP contribution in [0.4, 0.5) is 34.1 Å². The number of nitrogens with zero attached hydrogens (tertiary/aromatic N) is 8. The summed E-state index contributed by atoms with van der Waals surface area (Å²) in [6.07, 6.45) is 8.38. The van der Waals surface area contributed by atoms with Crippen molar-refractivity contribution in [2.24, 2.45) is 21.7 Å². The number of ether oxygens (including phenoxy) is 5. The van der Waals surface area contributed by atoms with Gasteiger partial charge in [0, 0.05) is 104 Å². The zero-order valence-electron chi connectivity index (χ0n) is 66.1. The Labute approximate surface area is 693 Å². The molecule has 5 aromatic carbocycles. The predicted octanol–water partition coefficient (Wildman–Crippen LogP) is 19.4. The number of pyridine rings is 5. The molecule has 0 saturated heterocycles. The zero-order valence-corrected chi connectivity index (χ0v) is 71.6. The van der Waals surface area contributed by atoms with E-state index in [1.165, 1.54) is 19.4 Å². The van der Waals surface area contributed by atoms with Gasteiger partial charge in [-0.15, -0.1) is 57.4 Å². The number of fused-ring (bicyclic) bond motifs is 7. The van der Waals surface area contributed by atoms with Gasteiger partial charge in [-0.05, 0) is 96.5 Å². The van der Waals surface area contributed by atoms with E-state index in [9.17, 15) is 29.3 Å². The number of aromatic amines is 1. The number of carbonyl (C=O) groups is 5. The van der Waals surface area contributed by atoms with Crippen LogP contribution in [0.25, 0.3) is 65.5 Å². The molecule has 3 amide bonds. The summed E-state index contributed by atoms with van der Waals surface area (Å²) in [4.78, 5) is 104. The van der Waals surface area contributed by atoms with E-state index in [4.69, 9.17) is 77.0 Å². The second kappa shape index (κ2) is 45.2. The summed E-state index contributed by atoms with van der Waals surface area (Å²) >= 11 is 14.4. The maximum Gasteiger partial charge on any atom is 0.369 e. The van der Waals surface area contributed by atoms with Gasteiger partial charge in [0.1, 0.15) is 56.8 Å².